The van der Waals surface area contributed by atoms with Crippen LogP contribution in [-0.4, -0.2) is 21.4 Å². The molecular formula is C13H18N2O2. The summed E-state index contributed by atoms with van der Waals surface area (Å²) in [6, 6.07) is 1.81. The van der Waals surface area contributed by atoms with Gasteiger partial charge in [0.1, 0.15) is 11.3 Å². The van der Waals surface area contributed by atoms with E-state index in [4.69, 9.17) is 4.74 Å². The van der Waals surface area contributed by atoms with E-state index in [0.29, 0.717) is 18.2 Å². The van der Waals surface area contributed by atoms with Crippen molar-refractivity contribution in [2.75, 3.05) is 0 Å². The monoisotopic (exact) mass is 234 g/mol. The lowest BCUT2D eigenvalue weighted by Crippen LogP contribution is -2.23. The molecule has 0 unspecified atom stereocenters. The molecule has 1 aromatic rings. The van der Waals surface area contributed by atoms with Crippen LogP contribution in [0.3, 0.4) is 0 Å². The van der Waals surface area contributed by atoms with Crippen molar-refractivity contribution in [3.63, 3.8) is 0 Å². The van der Waals surface area contributed by atoms with E-state index < -0.39 is 0 Å². The summed E-state index contributed by atoms with van der Waals surface area (Å²) in [7, 11) is 0. The molecule has 0 amide bonds. The van der Waals surface area contributed by atoms with Crippen LogP contribution in [0.25, 0.3) is 0 Å². The zero-order chi connectivity index (χ0) is 12.0. The van der Waals surface area contributed by atoms with Crippen molar-refractivity contribution >= 4 is 5.97 Å². The standard InChI is InChI=1S/C13H18N2O2/c1-3-15-11(8-9(2)14-15)12(16)17-13(6-7-13)10-4-5-10/h8,10H,3-7H2,1-2H3. The maximum atomic E-state index is 12.1. The Morgan fingerprint density at radius 2 is 2.29 bits per heavy atom. The summed E-state index contributed by atoms with van der Waals surface area (Å²) in [6.45, 7) is 4.59. The lowest BCUT2D eigenvalue weighted by molar-refractivity contribution is 0.0147. The van der Waals surface area contributed by atoms with Gasteiger partial charge in [-0.2, -0.15) is 5.10 Å². The second-order valence-electron chi connectivity index (χ2n) is 5.22. The highest BCUT2D eigenvalue weighted by molar-refractivity contribution is 5.88. The number of carbonyl (C=O) groups excluding carboxylic acids is 1. The molecule has 2 saturated carbocycles. The smallest absolute Gasteiger partial charge is 0.357 e. The SMILES string of the molecule is CCn1nc(C)cc1C(=O)OC1(C2CC2)CC1. The van der Waals surface area contributed by atoms with Crippen molar-refractivity contribution < 1.29 is 9.53 Å². The highest BCUT2D eigenvalue weighted by Crippen LogP contribution is 2.56. The number of nitrogens with zero attached hydrogens (tertiary/aromatic N) is 2. The van der Waals surface area contributed by atoms with Gasteiger partial charge in [-0.25, -0.2) is 4.79 Å². The summed E-state index contributed by atoms with van der Waals surface area (Å²) in [6.07, 6.45) is 4.53. The minimum absolute atomic E-state index is 0.103. The molecule has 4 heteroatoms. The molecule has 0 aliphatic heterocycles. The van der Waals surface area contributed by atoms with Gasteiger partial charge in [-0.1, -0.05) is 0 Å². The Morgan fingerprint density at radius 1 is 1.59 bits per heavy atom. The van der Waals surface area contributed by atoms with Crippen LogP contribution in [0.15, 0.2) is 6.07 Å². The van der Waals surface area contributed by atoms with Gasteiger partial charge < -0.3 is 4.74 Å². The van der Waals surface area contributed by atoms with Crippen LogP contribution in [0.1, 0.15) is 48.8 Å². The number of ether oxygens (including phenoxy) is 1. The fourth-order valence-corrected chi connectivity index (χ4v) is 2.51. The van der Waals surface area contributed by atoms with Crippen molar-refractivity contribution in [3.8, 4) is 0 Å². The lowest BCUT2D eigenvalue weighted by Gasteiger charge is -2.15. The Kier molecular flexibility index (Phi) is 2.28. The van der Waals surface area contributed by atoms with Crippen molar-refractivity contribution in [3.05, 3.63) is 17.5 Å². The summed E-state index contributed by atoms with van der Waals surface area (Å²) < 4.78 is 7.44. The molecule has 1 heterocycles. The number of hydrogen-bond acceptors (Lipinski definition) is 3. The molecule has 2 fully saturated rings. The minimum Gasteiger partial charge on any atom is -0.454 e. The molecule has 0 N–H and O–H groups in total. The average molecular weight is 234 g/mol. The third-order valence-corrected chi connectivity index (χ3v) is 3.77. The highest BCUT2D eigenvalue weighted by Gasteiger charge is 2.57. The van der Waals surface area contributed by atoms with Crippen molar-refractivity contribution in [1.82, 2.24) is 9.78 Å². The van der Waals surface area contributed by atoms with Gasteiger partial charge in [-0.3, -0.25) is 4.68 Å². The molecule has 92 valence electrons. The Bertz CT molecular complexity index is 456. The van der Waals surface area contributed by atoms with E-state index in [0.717, 1.165) is 18.5 Å². The number of hydrogen-bond donors (Lipinski definition) is 0. The summed E-state index contributed by atoms with van der Waals surface area (Å²) in [5, 5.41) is 4.28. The molecule has 0 atom stereocenters. The van der Waals surface area contributed by atoms with Gasteiger partial charge in [0.15, 0.2) is 0 Å². The van der Waals surface area contributed by atoms with Crippen molar-refractivity contribution in [1.29, 1.82) is 0 Å². The largest absolute Gasteiger partial charge is 0.454 e. The molecule has 2 aliphatic carbocycles. The van der Waals surface area contributed by atoms with Crippen LogP contribution in [-0.2, 0) is 11.3 Å². The van der Waals surface area contributed by atoms with E-state index in [1.807, 2.05) is 19.9 Å². The Labute approximate surface area is 101 Å². The number of esters is 1. The number of rotatable bonds is 4. The first-order valence-corrected chi connectivity index (χ1v) is 6.42. The van der Waals surface area contributed by atoms with Gasteiger partial charge in [-0.15, -0.1) is 0 Å². The first-order valence-electron chi connectivity index (χ1n) is 6.42. The number of aromatic nitrogens is 2. The van der Waals surface area contributed by atoms with Crippen molar-refractivity contribution in [2.24, 2.45) is 5.92 Å². The molecule has 0 saturated heterocycles. The fraction of sp³-hybridized carbons (Fsp3) is 0.692. The molecule has 1 aromatic heterocycles. The molecule has 4 nitrogen and oxygen atoms in total. The van der Waals surface area contributed by atoms with E-state index in [1.165, 1.54) is 12.8 Å². The van der Waals surface area contributed by atoms with E-state index in [1.54, 1.807) is 4.68 Å². The van der Waals surface area contributed by atoms with Gasteiger partial charge in [0.2, 0.25) is 0 Å². The topological polar surface area (TPSA) is 44.1 Å². The highest BCUT2D eigenvalue weighted by atomic mass is 16.6. The molecule has 0 radical (unpaired) electrons. The van der Waals surface area contributed by atoms with Crippen LogP contribution in [0, 0.1) is 12.8 Å². The Morgan fingerprint density at radius 3 is 2.82 bits per heavy atom. The summed E-state index contributed by atoms with van der Waals surface area (Å²) in [5.74, 6) is 0.433. The van der Waals surface area contributed by atoms with Gasteiger partial charge in [0, 0.05) is 6.54 Å². The summed E-state index contributed by atoms with van der Waals surface area (Å²) in [5.41, 5.74) is 1.36. The molecule has 2 aliphatic rings. The van der Waals surface area contributed by atoms with E-state index in [-0.39, 0.29) is 11.6 Å². The average Bonchev–Trinajstić information content (AvgIpc) is 3.17. The van der Waals surface area contributed by atoms with Crippen molar-refractivity contribution in [2.45, 2.75) is 51.7 Å². The summed E-state index contributed by atoms with van der Waals surface area (Å²) in [4.78, 5) is 12.1. The predicted octanol–water partition coefficient (Wildman–Crippen LogP) is 2.31. The zero-order valence-electron chi connectivity index (χ0n) is 10.4. The molecule has 3 rings (SSSR count). The number of carbonyl (C=O) groups is 1. The van der Waals surface area contributed by atoms with Crippen LogP contribution in [0.5, 0.6) is 0 Å². The fourth-order valence-electron chi connectivity index (χ4n) is 2.51. The quantitative estimate of drug-likeness (QED) is 0.751. The van der Waals surface area contributed by atoms with Crippen LogP contribution < -0.4 is 0 Å². The normalized spacial score (nSPS) is 21.3. The Hall–Kier alpha value is -1.32. The third-order valence-electron chi connectivity index (χ3n) is 3.77. The Balaban J connectivity index is 1.77. The molecular weight excluding hydrogens is 216 g/mol. The molecule has 17 heavy (non-hydrogen) atoms. The van der Waals surface area contributed by atoms with E-state index >= 15 is 0 Å². The molecule has 0 aromatic carbocycles. The van der Waals surface area contributed by atoms with Gasteiger partial charge in [-0.05, 0) is 51.5 Å². The predicted molar refractivity (Wildman–Crippen MR) is 62.7 cm³/mol. The van der Waals surface area contributed by atoms with E-state index in [2.05, 4.69) is 5.10 Å². The first kappa shape index (κ1) is 10.8. The van der Waals surface area contributed by atoms with Crippen LogP contribution in [0.2, 0.25) is 0 Å². The second kappa shape index (κ2) is 3.59. The lowest BCUT2D eigenvalue weighted by atomic mass is 10.2. The van der Waals surface area contributed by atoms with Gasteiger partial charge in [0.05, 0.1) is 5.69 Å². The summed E-state index contributed by atoms with van der Waals surface area (Å²) >= 11 is 0. The molecule has 0 spiro atoms. The van der Waals surface area contributed by atoms with Gasteiger partial charge in [0.25, 0.3) is 0 Å². The zero-order valence-corrected chi connectivity index (χ0v) is 10.4. The second-order valence-corrected chi connectivity index (χ2v) is 5.22. The maximum absolute atomic E-state index is 12.1. The first-order chi connectivity index (χ1) is 8.14. The van der Waals surface area contributed by atoms with Crippen LogP contribution >= 0.6 is 0 Å². The van der Waals surface area contributed by atoms with Gasteiger partial charge >= 0.3 is 5.97 Å². The number of aryl methyl sites for hydroxylation is 2. The maximum Gasteiger partial charge on any atom is 0.357 e. The molecule has 0 bridgehead atoms. The third kappa shape index (κ3) is 1.85. The van der Waals surface area contributed by atoms with Crippen LogP contribution in [0.4, 0.5) is 0 Å². The van der Waals surface area contributed by atoms with E-state index in [9.17, 15) is 4.79 Å². The minimum atomic E-state index is -0.197.